The maximum atomic E-state index is 12.3. The van der Waals surface area contributed by atoms with Crippen molar-refractivity contribution in [1.29, 1.82) is 0 Å². The highest BCUT2D eigenvalue weighted by atomic mass is 32.2. The second kappa shape index (κ2) is 4.52. The summed E-state index contributed by atoms with van der Waals surface area (Å²) < 4.78 is 49.6. The number of halogens is 4. The number of carbonyl (C=O) groups excluding carboxylic acids is 1. The zero-order chi connectivity index (χ0) is 11.5. The molecule has 1 rings (SSSR count). The third kappa shape index (κ3) is 3.78. The van der Waals surface area contributed by atoms with Crippen LogP contribution in [0.5, 0.6) is 0 Å². The molecule has 0 aliphatic carbocycles. The minimum absolute atomic E-state index is 0.202. The van der Waals surface area contributed by atoms with Gasteiger partial charge in [0.1, 0.15) is 0 Å². The van der Waals surface area contributed by atoms with Gasteiger partial charge in [-0.2, -0.15) is 17.6 Å². The lowest BCUT2D eigenvalue weighted by Gasteiger charge is -2.09. The molecule has 0 amide bonds. The second-order valence-corrected chi connectivity index (χ2v) is 3.34. The van der Waals surface area contributed by atoms with Crippen LogP contribution in [0.3, 0.4) is 0 Å². The van der Waals surface area contributed by atoms with Gasteiger partial charge in [0.2, 0.25) is 0 Å². The van der Waals surface area contributed by atoms with Crippen molar-refractivity contribution in [2.24, 2.45) is 0 Å². The van der Waals surface area contributed by atoms with E-state index in [0.29, 0.717) is 0 Å². The highest BCUT2D eigenvalue weighted by molar-refractivity contribution is 8.01. The first kappa shape index (κ1) is 11.8. The number of nitrogens with one attached hydrogen (secondary N) is 1. The molecule has 0 bridgehead atoms. The Morgan fingerprint density at radius 3 is 2.40 bits per heavy atom. The summed E-state index contributed by atoms with van der Waals surface area (Å²) >= 11 is -0.551. The lowest BCUT2D eigenvalue weighted by atomic mass is 10.2. The van der Waals surface area contributed by atoms with E-state index in [1.807, 2.05) is 4.72 Å². The lowest BCUT2D eigenvalue weighted by molar-refractivity contribution is -0.0323. The summed E-state index contributed by atoms with van der Waals surface area (Å²) in [6, 6.07) is 3.26. The maximum absolute atomic E-state index is 12.3. The van der Waals surface area contributed by atoms with Crippen molar-refractivity contribution in [2.45, 2.75) is 5.51 Å². The predicted molar refractivity (Wildman–Crippen MR) is 49.1 cm³/mol. The smallest absolute Gasteiger partial charge is 0.322 e. The van der Waals surface area contributed by atoms with Crippen molar-refractivity contribution in [3.63, 3.8) is 0 Å². The predicted octanol–water partition coefficient (Wildman–Crippen LogP) is 3.38. The van der Waals surface area contributed by atoms with Crippen molar-refractivity contribution >= 4 is 23.7 Å². The van der Waals surface area contributed by atoms with Gasteiger partial charge in [-0.3, -0.25) is 4.79 Å². The van der Waals surface area contributed by atoms with E-state index in [9.17, 15) is 22.4 Å². The molecule has 2 nitrogen and oxygen atoms in total. The van der Waals surface area contributed by atoms with Gasteiger partial charge in [-0.1, -0.05) is 12.1 Å². The Kier molecular flexibility index (Phi) is 3.57. The Morgan fingerprint density at radius 2 is 1.87 bits per heavy atom. The summed E-state index contributed by atoms with van der Waals surface area (Å²) in [5.74, 6) is 0. The van der Waals surface area contributed by atoms with Crippen molar-refractivity contribution in [3.8, 4) is 0 Å². The molecule has 1 N–H and O–H groups in total. The van der Waals surface area contributed by atoms with E-state index >= 15 is 0 Å². The van der Waals surface area contributed by atoms with Crippen LogP contribution in [0.25, 0.3) is 0 Å². The van der Waals surface area contributed by atoms with Crippen LogP contribution in [-0.4, -0.2) is 11.5 Å². The zero-order valence-electron chi connectivity index (χ0n) is 7.14. The SMILES string of the molecule is O=C(F)c1ccccc1NSC(F)(F)F. The molecule has 0 aromatic heterocycles. The van der Waals surface area contributed by atoms with Gasteiger partial charge in [0, 0.05) is 0 Å². The summed E-state index contributed by atoms with van der Waals surface area (Å²) in [6.07, 6.45) is 0. The fourth-order valence-electron chi connectivity index (χ4n) is 0.856. The number of anilines is 1. The van der Waals surface area contributed by atoms with E-state index in [2.05, 4.69) is 0 Å². The molecule has 0 aliphatic heterocycles. The van der Waals surface area contributed by atoms with E-state index in [4.69, 9.17) is 0 Å². The maximum Gasteiger partial charge on any atom is 0.461 e. The Morgan fingerprint density at radius 1 is 1.27 bits per heavy atom. The van der Waals surface area contributed by atoms with Gasteiger partial charge in [0.05, 0.1) is 23.2 Å². The number of alkyl halides is 3. The summed E-state index contributed by atoms with van der Waals surface area (Å²) in [5.41, 5.74) is -5.12. The minimum atomic E-state index is -4.49. The largest absolute Gasteiger partial charge is 0.461 e. The van der Waals surface area contributed by atoms with Gasteiger partial charge in [0.25, 0.3) is 0 Å². The van der Waals surface area contributed by atoms with Crippen LogP contribution in [-0.2, 0) is 0 Å². The molecular weight excluding hydrogens is 234 g/mol. The van der Waals surface area contributed by atoms with Crippen molar-refractivity contribution in [3.05, 3.63) is 29.8 Å². The Bertz CT molecular complexity index is 366. The first-order chi connectivity index (χ1) is 6.90. The number of carbonyl (C=O) groups is 1. The van der Waals surface area contributed by atoms with E-state index < -0.39 is 29.1 Å². The zero-order valence-corrected chi connectivity index (χ0v) is 7.95. The topological polar surface area (TPSA) is 29.1 Å². The Balaban J connectivity index is 2.81. The quantitative estimate of drug-likeness (QED) is 0.498. The third-order valence-corrected chi connectivity index (χ3v) is 1.97. The molecule has 0 unspecified atom stereocenters. The van der Waals surface area contributed by atoms with Gasteiger partial charge in [-0.05, 0) is 12.1 Å². The van der Waals surface area contributed by atoms with Crippen LogP contribution in [0.4, 0.5) is 23.2 Å². The van der Waals surface area contributed by atoms with Crippen LogP contribution in [0.15, 0.2) is 24.3 Å². The van der Waals surface area contributed by atoms with Crippen LogP contribution in [0.2, 0.25) is 0 Å². The van der Waals surface area contributed by atoms with Crippen molar-refractivity contribution in [1.82, 2.24) is 0 Å². The molecule has 15 heavy (non-hydrogen) atoms. The molecule has 0 spiro atoms. The van der Waals surface area contributed by atoms with Crippen LogP contribution < -0.4 is 4.72 Å². The molecule has 0 aliphatic rings. The number of para-hydroxylation sites is 1. The molecule has 0 radical (unpaired) electrons. The van der Waals surface area contributed by atoms with Gasteiger partial charge >= 0.3 is 11.5 Å². The molecule has 0 atom stereocenters. The fourth-order valence-corrected chi connectivity index (χ4v) is 1.26. The first-order valence-corrected chi connectivity index (χ1v) is 4.51. The number of benzene rings is 1. The van der Waals surface area contributed by atoms with E-state index in [0.717, 1.165) is 6.07 Å². The summed E-state index contributed by atoms with van der Waals surface area (Å²) in [4.78, 5) is 10.4. The van der Waals surface area contributed by atoms with Gasteiger partial charge in [-0.15, -0.1) is 0 Å². The molecule has 1 aromatic carbocycles. The monoisotopic (exact) mass is 239 g/mol. The molecule has 0 fully saturated rings. The highest BCUT2D eigenvalue weighted by Crippen LogP contribution is 2.32. The minimum Gasteiger partial charge on any atom is -0.322 e. The van der Waals surface area contributed by atoms with Gasteiger partial charge in [-0.25, -0.2) is 0 Å². The van der Waals surface area contributed by atoms with Crippen molar-refractivity contribution in [2.75, 3.05) is 4.72 Å². The van der Waals surface area contributed by atoms with E-state index in [-0.39, 0.29) is 5.69 Å². The Hall–Kier alpha value is -1.24. The molecule has 0 saturated heterocycles. The average Bonchev–Trinajstić information content (AvgIpc) is 2.14. The fraction of sp³-hybridized carbons (Fsp3) is 0.125. The summed E-state index contributed by atoms with van der Waals surface area (Å²) in [7, 11) is 0. The van der Waals surface area contributed by atoms with Crippen molar-refractivity contribution < 1.29 is 22.4 Å². The number of hydrogen-bond acceptors (Lipinski definition) is 3. The third-order valence-electron chi connectivity index (χ3n) is 1.42. The van der Waals surface area contributed by atoms with Gasteiger partial charge in [0.15, 0.2) is 0 Å². The Labute approximate surface area is 86.8 Å². The average molecular weight is 239 g/mol. The standard InChI is InChI=1S/C8H5F4NOS/c9-7(14)5-3-1-2-4-6(5)13-15-8(10,11)12/h1-4,13H. The molecule has 0 heterocycles. The van der Waals surface area contributed by atoms with E-state index in [1.165, 1.54) is 18.2 Å². The molecular formula is C8H5F4NOS. The number of hydrogen-bond donors (Lipinski definition) is 1. The van der Waals surface area contributed by atoms with Crippen LogP contribution >= 0.6 is 11.9 Å². The molecule has 82 valence electrons. The normalized spacial score (nSPS) is 11.2. The first-order valence-electron chi connectivity index (χ1n) is 3.70. The molecule has 7 heteroatoms. The summed E-state index contributed by atoms with van der Waals surface area (Å²) in [6.45, 7) is 0. The highest BCUT2D eigenvalue weighted by Gasteiger charge is 2.29. The van der Waals surface area contributed by atoms with Crippen LogP contribution in [0, 0.1) is 0 Å². The number of rotatable bonds is 3. The van der Waals surface area contributed by atoms with Gasteiger partial charge < -0.3 is 4.72 Å². The molecule has 0 saturated carbocycles. The summed E-state index contributed by atoms with van der Waals surface area (Å²) in [5, 5.41) is 0. The lowest BCUT2D eigenvalue weighted by Crippen LogP contribution is -2.06. The van der Waals surface area contributed by atoms with E-state index in [1.54, 1.807) is 0 Å². The van der Waals surface area contributed by atoms with Crippen LogP contribution in [0.1, 0.15) is 10.4 Å². The second-order valence-electron chi connectivity index (χ2n) is 2.47. The molecule has 1 aromatic rings.